The fourth-order valence-electron chi connectivity index (χ4n) is 3.89. The van der Waals surface area contributed by atoms with E-state index in [2.05, 4.69) is 40.8 Å². The molecule has 4 rings (SSSR count). The SMILES string of the molecule is CN=C(C(=N)N1CCN(C2=Nc3ccc(O)cc3Sc3ccccc32)CC1)C(C)C. The quantitative estimate of drug-likeness (QED) is 0.561. The molecule has 2 aliphatic heterocycles. The summed E-state index contributed by atoms with van der Waals surface area (Å²) in [4.78, 5) is 15.9. The topological polar surface area (TPSA) is 75.3 Å². The van der Waals surface area contributed by atoms with Gasteiger partial charge in [0.05, 0.1) is 11.4 Å². The van der Waals surface area contributed by atoms with Crippen LogP contribution in [0.5, 0.6) is 5.75 Å². The van der Waals surface area contributed by atoms with Gasteiger partial charge in [-0.25, -0.2) is 4.99 Å². The van der Waals surface area contributed by atoms with Crippen molar-refractivity contribution in [3.05, 3.63) is 48.0 Å². The van der Waals surface area contributed by atoms with Gasteiger partial charge in [0, 0.05) is 48.6 Å². The number of aliphatic imine (C=N–C) groups is 2. The van der Waals surface area contributed by atoms with E-state index in [1.807, 2.05) is 18.2 Å². The number of aromatic hydroxyl groups is 1. The number of phenols is 1. The minimum atomic E-state index is 0.239. The summed E-state index contributed by atoms with van der Waals surface area (Å²) in [7, 11) is 1.77. The second-order valence-corrected chi connectivity index (χ2v) is 8.86. The second-order valence-electron chi connectivity index (χ2n) is 7.77. The molecule has 1 saturated heterocycles. The van der Waals surface area contributed by atoms with Crippen molar-refractivity contribution in [3.63, 3.8) is 0 Å². The highest BCUT2D eigenvalue weighted by atomic mass is 32.2. The van der Waals surface area contributed by atoms with E-state index in [1.54, 1.807) is 30.9 Å². The Morgan fingerprint density at radius 3 is 2.53 bits per heavy atom. The van der Waals surface area contributed by atoms with Crippen LogP contribution in [0.2, 0.25) is 0 Å². The van der Waals surface area contributed by atoms with E-state index in [1.165, 1.54) is 0 Å². The van der Waals surface area contributed by atoms with Crippen LogP contribution >= 0.6 is 11.8 Å². The minimum absolute atomic E-state index is 0.239. The summed E-state index contributed by atoms with van der Waals surface area (Å²) in [6, 6.07) is 13.6. The molecule has 0 amide bonds. The highest BCUT2D eigenvalue weighted by Crippen LogP contribution is 2.42. The van der Waals surface area contributed by atoms with Gasteiger partial charge in [-0.3, -0.25) is 10.4 Å². The van der Waals surface area contributed by atoms with Gasteiger partial charge in [-0.2, -0.15) is 0 Å². The number of nitrogens with one attached hydrogen (secondary N) is 1. The van der Waals surface area contributed by atoms with Gasteiger partial charge in [0.15, 0.2) is 0 Å². The average Bonchev–Trinajstić information content (AvgIpc) is 2.90. The Labute approximate surface area is 181 Å². The molecule has 0 atom stereocenters. The summed E-state index contributed by atoms with van der Waals surface area (Å²) in [6.07, 6.45) is 0. The van der Waals surface area contributed by atoms with Gasteiger partial charge in [0.1, 0.15) is 17.4 Å². The van der Waals surface area contributed by atoms with Gasteiger partial charge in [-0.15, -0.1) is 0 Å². The first-order valence-corrected chi connectivity index (χ1v) is 11.0. The van der Waals surface area contributed by atoms with Gasteiger partial charge in [0.2, 0.25) is 0 Å². The highest BCUT2D eigenvalue weighted by Gasteiger charge is 2.27. The molecule has 7 heteroatoms. The largest absolute Gasteiger partial charge is 0.508 e. The molecule has 0 aromatic heterocycles. The molecule has 0 unspecified atom stereocenters. The lowest BCUT2D eigenvalue weighted by atomic mass is 10.1. The lowest BCUT2D eigenvalue weighted by Gasteiger charge is -2.38. The average molecular weight is 422 g/mol. The number of phenolic OH excluding ortho intramolecular Hbond substituents is 1. The zero-order valence-electron chi connectivity index (χ0n) is 17.6. The van der Waals surface area contributed by atoms with E-state index in [0.29, 0.717) is 5.84 Å². The Balaban J connectivity index is 1.61. The third kappa shape index (κ3) is 3.94. The molecule has 2 aromatic rings. The summed E-state index contributed by atoms with van der Waals surface area (Å²) in [5.74, 6) is 1.99. The minimum Gasteiger partial charge on any atom is -0.508 e. The third-order valence-electron chi connectivity index (χ3n) is 5.44. The molecule has 2 heterocycles. The van der Waals surface area contributed by atoms with Gasteiger partial charge in [0.25, 0.3) is 0 Å². The van der Waals surface area contributed by atoms with Gasteiger partial charge in [-0.05, 0) is 30.2 Å². The molecule has 2 aromatic carbocycles. The van der Waals surface area contributed by atoms with E-state index < -0.39 is 0 Å². The highest BCUT2D eigenvalue weighted by molar-refractivity contribution is 7.99. The third-order valence-corrected chi connectivity index (χ3v) is 6.57. The Morgan fingerprint density at radius 1 is 1.10 bits per heavy atom. The van der Waals surface area contributed by atoms with Crippen molar-refractivity contribution in [1.82, 2.24) is 9.80 Å². The van der Waals surface area contributed by atoms with Crippen molar-refractivity contribution in [2.24, 2.45) is 15.9 Å². The molecule has 2 aliphatic rings. The maximum Gasteiger partial charge on any atom is 0.142 e. The molecular formula is C23H27N5OS. The first-order valence-electron chi connectivity index (χ1n) is 10.2. The van der Waals surface area contributed by atoms with Crippen LogP contribution in [0.1, 0.15) is 19.4 Å². The van der Waals surface area contributed by atoms with Gasteiger partial charge < -0.3 is 14.9 Å². The molecule has 0 spiro atoms. The maximum absolute atomic E-state index is 9.92. The van der Waals surface area contributed by atoms with Crippen LogP contribution in [-0.2, 0) is 0 Å². The van der Waals surface area contributed by atoms with Crippen molar-refractivity contribution < 1.29 is 5.11 Å². The summed E-state index contributed by atoms with van der Waals surface area (Å²) in [5, 5.41) is 18.5. The van der Waals surface area contributed by atoms with Crippen LogP contribution < -0.4 is 0 Å². The lowest BCUT2D eigenvalue weighted by Crippen LogP contribution is -2.52. The first-order chi connectivity index (χ1) is 14.5. The Bertz CT molecular complexity index is 1020. The van der Waals surface area contributed by atoms with Crippen LogP contribution in [0.4, 0.5) is 5.69 Å². The summed E-state index contributed by atoms with van der Waals surface area (Å²) in [6.45, 7) is 7.28. The number of rotatable bonds is 2. The smallest absolute Gasteiger partial charge is 0.142 e. The number of fused-ring (bicyclic) bond motifs is 2. The molecule has 0 saturated carbocycles. The fraction of sp³-hybridized carbons (Fsp3) is 0.348. The number of benzene rings is 2. The van der Waals surface area contributed by atoms with Crippen LogP contribution in [-0.4, -0.2) is 65.5 Å². The zero-order valence-corrected chi connectivity index (χ0v) is 18.4. The van der Waals surface area contributed by atoms with Gasteiger partial charge >= 0.3 is 0 Å². The number of hydrogen-bond acceptors (Lipinski definition) is 6. The van der Waals surface area contributed by atoms with Crippen LogP contribution in [0.15, 0.2) is 62.2 Å². The van der Waals surface area contributed by atoms with E-state index in [9.17, 15) is 5.11 Å². The second kappa shape index (κ2) is 8.52. The maximum atomic E-state index is 9.92. The summed E-state index contributed by atoms with van der Waals surface area (Å²) >= 11 is 1.64. The summed E-state index contributed by atoms with van der Waals surface area (Å²) in [5.41, 5.74) is 2.84. The van der Waals surface area contributed by atoms with Crippen molar-refractivity contribution in [1.29, 1.82) is 5.41 Å². The fourth-order valence-corrected chi connectivity index (χ4v) is 4.94. The molecule has 0 radical (unpaired) electrons. The lowest BCUT2D eigenvalue weighted by molar-refractivity contribution is 0.260. The molecule has 6 nitrogen and oxygen atoms in total. The normalized spacial score (nSPS) is 16.7. The van der Waals surface area contributed by atoms with E-state index >= 15 is 0 Å². The molecular weight excluding hydrogens is 394 g/mol. The van der Waals surface area contributed by atoms with Crippen LogP contribution in [0.3, 0.4) is 0 Å². The predicted octanol–water partition coefficient (Wildman–Crippen LogP) is 4.26. The van der Waals surface area contributed by atoms with E-state index in [-0.39, 0.29) is 11.7 Å². The number of nitrogens with zero attached hydrogens (tertiary/aromatic N) is 4. The van der Waals surface area contributed by atoms with E-state index in [0.717, 1.165) is 58.8 Å². The van der Waals surface area contributed by atoms with E-state index in [4.69, 9.17) is 10.4 Å². The van der Waals surface area contributed by atoms with Crippen LogP contribution in [0.25, 0.3) is 0 Å². The standard InChI is InChI=1S/C23H27N5OS/c1-15(2)21(25-3)22(24)27-10-12-28(13-11-27)23-17-6-4-5-7-19(17)30-20-14-16(29)8-9-18(20)26-23/h4-9,14-15,24,29H,10-13H2,1-3H3. The van der Waals surface area contributed by atoms with Gasteiger partial charge in [-0.1, -0.05) is 43.8 Å². The molecule has 156 valence electrons. The Kier molecular flexibility index (Phi) is 5.81. The molecule has 2 N–H and O–H groups in total. The Hall–Kier alpha value is -2.80. The van der Waals surface area contributed by atoms with Crippen molar-refractivity contribution in [2.45, 2.75) is 23.6 Å². The predicted molar refractivity (Wildman–Crippen MR) is 124 cm³/mol. The molecule has 0 aliphatic carbocycles. The monoisotopic (exact) mass is 421 g/mol. The van der Waals surface area contributed by atoms with Crippen molar-refractivity contribution in [2.75, 3.05) is 33.2 Å². The number of hydrogen-bond donors (Lipinski definition) is 2. The first kappa shape index (κ1) is 20.5. The number of amidine groups is 2. The molecule has 0 bridgehead atoms. The summed E-state index contributed by atoms with van der Waals surface area (Å²) < 4.78 is 0. The van der Waals surface area contributed by atoms with Crippen molar-refractivity contribution in [3.8, 4) is 5.75 Å². The Morgan fingerprint density at radius 2 is 1.83 bits per heavy atom. The van der Waals surface area contributed by atoms with Crippen LogP contribution in [0, 0.1) is 11.3 Å². The van der Waals surface area contributed by atoms with Crippen molar-refractivity contribution >= 4 is 34.8 Å². The molecule has 1 fully saturated rings. The molecule has 30 heavy (non-hydrogen) atoms. The number of piperazine rings is 1. The zero-order chi connectivity index (χ0) is 21.3.